The van der Waals surface area contributed by atoms with Crippen molar-refractivity contribution in [3.8, 4) is 11.5 Å². The van der Waals surface area contributed by atoms with E-state index in [0.717, 1.165) is 29.0 Å². The molecule has 164 valence electrons. The lowest BCUT2D eigenvalue weighted by Crippen LogP contribution is -2.37. The van der Waals surface area contributed by atoms with Crippen LogP contribution in [0.25, 0.3) is 6.08 Å². The molecule has 1 heterocycles. The maximum absolute atomic E-state index is 12.8. The van der Waals surface area contributed by atoms with Crippen LogP contribution in [0.1, 0.15) is 24.5 Å². The zero-order valence-corrected chi connectivity index (χ0v) is 18.3. The van der Waals surface area contributed by atoms with Crippen molar-refractivity contribution >= 4 is 17.9 Å². The summed E-state index contributed by atoms with van der Waals surface area (Å²) >= 11 is 0. The molecule has 1 aliphatic heterocycles. The number of hydrogen-bond acceptors (Lipinski definition) is 4. The van der Waals surface area contributed by atoms with Gasteiger partial charge in [0, 0.05) is 37.8 Å². The van der Waals surface area contributed by atoms with Gasteiger partial charge in [-0.2, -0.15) is 0 Å². The Balaban J connectivity index is 1.54. The number of carbonyl (C=O) groups is 2. The molecule has 31 heavy (non-hydrogen) atoms. The Bertz CT molecular complexity index is 908. The van der Waals surface area contributed by atoms with Gasteiger partial charge in [-0.25, -0.2) is 0 Å². The molecule has 0 N–H and O–H groups in total. The fourth-order valence-electron chi connectivity index (χ4n) is 3.63. The summed E-state index contributed by atoms with van der Waals surface area (Å²) in [5, 5.41) is 0. The molecule has 0 saturated carbocycles. The van der Waals surface area contributed by atoms with Crippen LogP contribution in [0, 0.1) is 0 Å². The smallest absolute Gasteiger partial charge is 0.246 e. The molecule has 0 atom stereocenters. The number of nitrogens with zero attached hydrogens (tertiary/aromatic N) is 2. The molecule has 2 amide bonds. The highest BCUT2D eigenvalue weighted by molar-refractivity contribution is 5.92. The molecular formula is C25H30N2O4. The van der Waals surface area contributed by atoms with Crippen molar-refractivity contribution in [1.29, 1.82) is 0 Å². The van der Waals surface area contributed by atoms with Crippen molar-refractivity contribution in [1.82, 2.24) is 9.80 Å². The largest absolute Gasteiger partial charge is 0.496 e. The standard InChI is InChI=1S/C25H30N2O4/c1-3-31-22-12-9-20(10-13-22)11-14-24(28)26-15-6-16-27(18-17-26)25(29)19-21-7-4-5-8-23(21)30-2/h4-5,7-14H,3,6,15-19H2,1-2H3/b14-11-. The van der Waals surface area contributed by atoms with Crippen LogP contribution in [0.5, 0.6) is 11.5 Å². The normalized spacial score (nSPS) is 14.4. The fourth-order valence-corrected chi connectivity index (χ4v) is 3.63. The molecule has 0 spiro atoms. The molecule has 0 radical (unpaired) electrons. The van der Waals surface area contributed by atoms with Gasteiger partial charge in [0.2, 0.25) is 11.8 Å². The number of carbonyl (C=O) groups excluding carboxylic acids is 2. The first kappa shape index (κ1) is 22.4. The Labute approximate surface area is 184 Å². The third-order valence-corrected chi connectivity index (χ3v) is 5.30. The highest BCUT2D eigenvalue weighted by Gasteiger charge is 2.21. The SMILES string of the molecule is CCOc1ccc(/C=C\C(=O)N2CCCN(C(=O)Cc3ccccc3OC)CC2)cc1. The molecule has 1 fully saturated rings. The van der Waals surface area contributed by atoms with Crippen molar-refractivity contribution in [3.05, 3.63) is 65.7 Å². The van der Waals surface area contributed by atoms with E-state index in [0.29, 0.717) is 39.2 Å². The van der Waals surface area contributed by atoms with Crippen LogP contribution in [-0.4, -0.2) is 61.5 Å². The number of benzene rings is 2. The third kappa shape index (κ3) is 6.35. The molecule has 2 aromatic carbocycles. The van der Waals surface area contributed by atoms with Crippen LogP contribution < -0.4 is 9.47 Å². The van der Waals surface area contributed by atoms with Crippen molar-refractivity contribution in [3.63, 3.8) is 0 Å². The summed E-state index contributed by atoms with van der Waals surface area (Å²) in [4.78, 5) is 29.1. The first-order valence-electron chi connectivity index (χ1n) is 10.7. The summed E-state index contributed by atoms with van der Waals surface area (Å²) in [5.74, 6) is 1.56. The van der Waals surface area contributed by atoms with Crippen LogP contribution in [0.3, 0.4) is 0 Å². The second kappa shape index (κ2) is 11.2. The van der Waals surface area contributed by atoms with Gasteiger partial charge in [-0.05, 0) is 43.2 Å². The molecule has 0 unspecified atom stereocenters. The minimum absolute atomic E-state index is 0.0343. The summed E-state index contributed by atoms with van der Waals surface area (Å²) in [5.41, 5.74) is 1.82. The van der Waals surface area contributed by atoms with Crippen LogP contribution in [0.15, 0.2) is 54.6 Å². The monoisotopic (exact) mass is 422 g/mol. The van der Waals surface area contributed by atoms with Gasteiger partial charge in [0.05, 0.1) is 20.1 Å². The summed E-state index contributed by atoms with van der Waals surface area (Å²) in [6, 6.07) is 15.2. The predicted octanol–water partition coefficient (Wildman–Crippen LogP) is 3.41. The summed E-state index contributed by atoms with van der Waals surface area (Å²) in [6.07, 6.45) is 4.48. The number of rotatable bonds is 7. The highest BCUT2D eigenvalue weighted by atomic mass is 16.5. The molecule has 6 heteroatoms. The topological polar surface area (TPSA) is 59.1 Å². The fraction of sp³-hybridized carbons (Fsp3) is 0.360. The molecule has 0 aliphatic carbocycles. The highest BCUT2D eigenvalue weighted by Crippen LogP contribution is 2.19. The van der Waals surface area contributed by atoms with E-state index in [1.165, 1.54) is 0 Å². The summed E-state index contributed by atoms with van der Waals surface area (Å²) in [7, 11) is 1.61. The molecule has 0 bridgehead atoms. The second-order valence-electron chi connectivity index (χ2n) is 7.38. The van der Waals surface area contributed by atoms with E-state index in [1.54, 1.807) is 18.1 Å². The van der Waals surface area contributed by atoms with Crippen molar-refractivity contribution in [2.45, 2.75) is 19.8 Å². The number of hydrogen-bond donors (Lipinski definition) is 0. The van der Waals surface area contributed by atoms with Gasteiger partial charge in [-0.3, -0.25) is 9.59 Å². The van der Waals surface area contributed by atoms with Gasteiger partial charge in [0.1, 0.15) is 11.5 Å². The minimum Gasteiger partial charge on any atom is -0.496 e. The van der Waals surface area contributed by atoms with Crippen LogP contribution in [0.2, 0.25) is 0 Å². The Kier molecular flexibility index (Phi) is 8.10. The molecule has 2 aromatic rings. The van der Waals surface area contributed by atoms with E-state index in [9.17, 15) is 9.59 Å². The molecule has 3 rings (SSSR count). The van der Waals surface area contributed by atoms with Gasteiger partial charge in [0.15, 0.2) is 0 Å². The Morgan fingerprint density at radius 3 is 2.42 bits per heavy atom. The van der Waals surface area contributed by atoms with Gasteiger partial charge < -0.3 is 19.3 Å². The zero-order valence-electron chi connectivity index (χ0n) is 18.3. The van der Waals surface area contributed by atoms with Crippen molar-refractivity contribution < 1.29 is 19.1 Å². The first-order valence-corrected chi connectivity index (χ1v) is 10.7. The van der Waals surface area contributed by atoms with Gasteiger partial charge in [-0.1, -0.05) is 30.3 Å². The van der Waals surface area contributed by atoms with Crippen LogP contribution in [-0.2, 0) is 16.0 Å². The van der Waals surface area contributed by atoms with E-state index in [2.05, 4.69) is 0 Å². The number of para-hydroxylation sites is 1. The van der Waals surface area contributed by atoms with E-state index in [4.69, 9.17) is 9.47 Å². The average Bonchev–Trinajstić information content (AvgIpc) is 3.05. The van der Waals surface area contributed by atoms with Crippen LogP contribution >= 0.6 is 0 Å². The van der Waals surface area contributed by atoms with E-state index in [1.807, 2.05) is 66.4 Å². The maximum Gasteiger partial charge on any atom is 0.246 e. The lowest BCUT2D eigenvalue weighted by atomic mass is 10.1. The van der Waals surface area contributed by atoms with Gasteiger partial charge in [0.25, 0.3) is 0 Å². The van der Waals surface area contributed by atoms with Crippen LogP contribution in [0.4, 0.5) is 0 Å². The summed E-state index contributed by atoms with van der Waals surface area (Å²) < 4.78 is 10.8. The van der Waals surface area contributed by atoms with E-state index >= 15 is 0 Å². The number of amides is 2. The average molecular weight is 423 g/mol. The Morgan fingerprint density at radius 2 is 1.68 bits per heavy atom. The number of methoxy groups -OCH3 is 1. The molecule has 1 saturated heterocycles. The van der Waals surface area contributed by atoms with Gasteiger partial charge >= 0.3 is 0 Å². The Hall–Kier alpha value is -3.28. The first-order chi connectivity index (χ1) is 15.1. The van der Waals surface area contributed by atoms with E-state index < -0.39 is 0 Å². The maximum atomic E-state index is 12.8. The molecule has 1 aliphatic rings. The predicted molar refractivity (Wildman–Crippen MR) is 121 cm³/mol. The zero-order chi connectivity index (χ0) is 22.1. The number of ether oxygens (including phenoxy) is 2. The second-order valence-corrected chi connectivity index (χ2v) is 7.38. The molecular weight excluding hydrogens is 392 g/mol. The lowest BCUT2D eigenvalue weighted by molar-refractivity contribution is -0.131. The van der Waals surface area contributed by atoms with Crippen molar-refractivity contribution in [2.24, 2.45) is 0 Å². The lowest BCUT2D eigenvalue weighted by Gasteiger charge is -2.22. The van der Waals surface area contributed by atoms with E-state index in [-0.39, 0.29) is 11.8 Å². The summed E-state index contributed by atoms with van der Waals surface area (Å²) in [6.45, 7) is 4.94. The van der Waals surface area contributed by atoms with Crippen molar-refractivity contribution in [2.75, 3.05) is 39.9 Å². The molecule has 0 aromatic heterocycles. The van der Waals surface area contributed by atoms with Gasteiger partial charge in [-0.15, -0.1) is 0 Å². The Morgan fingerprint density at radius 1 is 0.968 bits per heavy atom. The minimum atomic E-state index is -0.0343. The third-order valence-electron chi connectivity index (χ3n) is 5.30. The molecule has 6 nitrogen and oxygen atoms in total. The quantitative estimate of drug-likeness (QED) is 0.642.